The van der Waals surface area contributed by atoms with E-state index in [2.05, 4.69) is 95.4 Å². The first-order chi connectivity index (χ1) is 13.8. The molecule has 0 radical (unpaired) electrons. The van der Waals surface area contributed by atoms with Crippen LogP contribution in [0.5, 0.6) is 0 Å². The van der Waals surface area contributed by atoms with Gasteiger partial charge in [-0.05, 0) is 39.9 Å². The van der Waals surface area contributed by atoms with E-state index in [0.29, 0.717) is 0 Å². The highest BCUT2D eigenvalue weighted by Crippen LogP contribution is 2.35. The Morgan fingerprint density at radius 1 is 0.607 bits per heavy atom. The van der Waals surface area contributed by atoms with Gasteiger partial charge < -0.3 is 0 Å². The Bertz CT molecular complexity index is 1300. The third-order valence-electron chi connectivity index (χ3n) is 5.10. The number of rotatable bonds is 3. The van der Waals surface area contributed by atoms with Crippen LogP contribution >= 0.6 is 22.6 Å². The van der Waals surface area contributed by atoms with E-state index >= 15 is 0 Å². The van der Waals surface area contributed by atoms with Gasteiger partial charge >= 0.3 is 0 Å². The molecule has 0 saturated carbocycles. The molecule has 0 saturated heterocycles. The summed E-state index contributed by atoms with van der Waals surface area (Å²) in [5.41, 5.74) is 8.03. The van der Waals surface area contributed by atoms with Gasteiger partial charge in [-0.1, -0.05) is 89.3 Å². The number of benzene rings is 3. The van der Waals surface area contributed by atoms with E-state index in [-0.39, 0.29) is 0 Å². The third kappa shape index (κ3) is 2.96. The van der Waals surface area contributed by atoms with Gasteiger partial charge in [-0.3, -0.25) is 9.97 Å². The molecule has 0 unspecified atom stereocenters. The molecule has 3 heteroatoms. The van der Waals surface area contributed by atoms with Crippen LogP contribution in [0.3, 0.4) is 0 Å². The van der Waals surface area contributed by atoms with Crippen molar-refractivity contribution in [2.24, 2.45) is 0 Å². The van der Waals surface area contributed by atoms with Crippen molar-refractivity contribution in [1.82, 2.24) is 9.97 Å². The Hall–Kier alpha value is -2.79. The largest absolute Gasteiger partial charge is 0.254 e. The molecule has 0 aliphatic carbocycles. The Morgan fingerprint density at radius 3 is 1.86 bits per heavy atom. The second-order valence-corrected chi connectivity index (χ2v) is 7.54. The minimum Gasteiger partial charge on any atom is -0.254 e. The zero-order valence-corrected chi connectivity index (χ0v) is 17.3. The topological polar surface area (TPSA) is 25.8 Å². The van der Waals surface area contributed by atoms with Crippen LogP contribution in [0.25, 0.3) is 44.1 Å². The van der Waals surface area contributed by atoms with Gasteiger partial charge in [0.05, 0.1) is 11.0 Å². The summed E-state index contributed by atoms with van der Waals surface area (Å²) in [6, 6.07) is 27.7. The van der Waals surface area contributed by atoms with E-state index in [9.17, 15) is 0 Å². The highest BCUT2D eigenvalue weighted by atomic mass is 127. The fourth-order valence-electron chi connectivity index (χ4n) is 3.77. The van der Waals surface area contributed by atoms with E-state index in [4.69, 9.17) is 9.97 Å². The summed E-state index contributed by atoms with van der Waals surface area (Å²) in [7, 11) is 0. The van der Waals surface area contributed by atoms with Gasteiger partial charge in [-0.25, -0.2) is 0 Å². The summed E-state index contributed by atoms with van der Waals surface area (Å²) in [4.78, 5) is 9.41. The van der Waals surface area contributed by atoms with Crippen molar-refractivity contribution in [2.75, 3.05) is 0 Å². The molecule has 0 amide bonds. The number of fused-ring (bicyclic) bond motifs is 3. The van der Waals surface area contributed by atoms with Crippen molar-refractivity contribution < 1.29 is 0 Å². The Labute approximate surface area is 177 Å². The molecular weight excluding hydrogens is 455 g/mol. The van der Waals surface area contributed by atoms with Gasteiger partial charge in [-0.15, -0.1) is 0 Å². The zero-order chi connectivity index (χ0) is 18.9. The number of halogens is 1. The van der Waals surface area contributed by atoms with Gasteiger partial charge in [0, 0.05) is 27.6 Å². The van der Waals surface area contributed by atoms with Crippen molar-refractivity contribution in [3.05, 3.63) is 96.8 Å². The molecule has 2 heterocycles. The van der Waals surface area contributed by atoms with Crippen molar-refractivity contribution in [3.63, 3.8) is 0 Å². The number of aromatic nitrogens is 2. The van der Waals surface area contributed by atoms with Gasteiger partial charge in [0.25, 0.3) is 0 Å². The first-order valence-electron chi connectivity index (χ1n) is 9.22. The second-order valence-electron chi connectivity index (χ2n) is 6.77. The molecular formula is C25H17IN2. The van der Waals surface area contributed by atoms with E-state index in [1.54, 1.807) is 0 Å². The monoisotopic (exact) mass is 472 g/mol. The SMILES string of the molecule is ICc1cccc(-c2ccnc3c2ccc2c(-c4ccccc4)ccnc23)c1. The predicted octanol–water partition coefficient (Wildman–Crippen LogP) is 7.05. The molecule has 0 N–H and O–H groups in total. The van der Waals surface area contributed by atoms with Crippen LogP contribution in [0.15, 0.2) is 91.3 Å². The van der Waals surface area contributed by atoms with Gasteiger partial charge in [0.1, 0.15) is 0 Å². The predicted molar refractivity (Wildman–Crippen MR) is 126 cm³/mol. The summed E-state index contributed by atoms with van der Waals surface area (Å²) < 4.78 is 1.000. The standard InChI is InChI=1S/C25H17IN2/c26-16-17-5-4-8-19(15-17)21-12-14-28-25-23(21)10-9-22-20(11-13-27-24(22)25)18-6-2-1-3-7-18/h1-15H,16H2. The second kappa shape index (κ2) is 7.32. The molecule has 0 spiro atoms. The van der Waals surface area contributed by atoms with Crippen LogP contribution in [0, 0.1) is 0 Å². The van der Waals surface area contributed by atoms with Crippen LogP contribution < -0.4 is 0 Å². The maximum absolute atomic E-state index is 4.71. The molecule has 5 rings (SSSR count). The summed E-state index contributed by atoms with van der Waals surface area (Å²) in [5.74, 6) is 0. The van der Waals surface area contributed by atoms with E-state index in [1.807, 2.05) is 18.5 Å². The van der Waals surface area contributed by atoms with Crippen molar-refractivity contribution in [1.29, 1.82) is 0 Å². The molecule has 0 atom stereocenters. The van der Waals surface area contributed by atoms with Crippen molar-refractivity contribution >= 4 is 44.4 Å². The van der Waals surface area contributed by atoms with Crippen LogP contribution in [-0.4, -0.2) is 9.97 Å². The average Bonchev–Trinajstić information content (AvgIpc) is 2.78. The molecule has 5 aromatic rings. The lowest BCUT2D eigenvalue weighted by molar-refractivity contribution is 1.37. The lowest BCUT2D eigenvalue weighted by atomic mass is 9.96. The first kappa shape index (κ1) is 17.3. The van der Waals surface area contributed by atoms with Crippen LogP contribution in [0.2, 0.25) is 0 Å². The maximum atomic E-state index is 4.71. The summed E-state index contributed by atoms with van der Waals surface area (Å²) >= 11 is 2.41. The average molecular weight is 472 g/mol. The molecule has 2 aromatic heterocycles. The minimum absolute atomic E-state index is 0.950. The summed E-state index contributed by atoms with van der Waals surface area (Å²) in [5, 5.41) is 2.27. The maximum Gasteiger partial charge on any atom is 0.0970 e. The van der Waals surface area contributed by atoms with Gasteiger partial charge in [0.2, 0.25) is 0 Å². The van der Waals surface area contributed by atoms with Crippen molar-refractivity contribution in [3.8, 4) is 22.3 Å². The minimum atomic E-state index is 0.950. The van der Waals surface area contributed by atoms with E-state index in [0.717, 1.165) is 26.2 Å². The molecule has 0 aliphatic rings. The van der Waals surface area contributed by atoms with E-state index < -0.39 is 0 Å². The van der Waals surface area contributed by atoms with Crippen LogP contribution in [0.1, 0.15) is 5.56 Å². The fourth-order valence-corrected chi connectivity index (χ4v) is 4.25. The molecule has 3 aromatic carbocycles. The number of nitrogens with zero attached hydrogens (tertiary/aromatic N) is 2. The number of hydrogen-bond acceptors (Lipinski definition) is 2. The highest BCUT2D eigenvalue weighted by Gasteiger charge is 2.12. The Morgan fingerprint density at radius 2 is 1.21 bits per heavy atom. The van der Waals surface area contributed by atoms with Crippen LogP contribution in [0.4, 0.5) is 0 Å². The molecule has 2 nitrogen and oxygen atoms in total. The smallest absolute Gasteiger partial charge is 0.0970 e. The lowest BCUT2D eigenvalue weighted by Gasteiger charge is -2.11. The third-order valence-corrected chi connectivity index (χ3v) is 5.98. The lowest BCUT2D eigenvalue weighted by Crippen LogP contribution is -1.90. The Balaban J connectivity index is 1.78. The summed E-state index contributed by atoms with van der Waals surface area (Å²) in [6.45, 7) is 0. The zero-order valence-electron chi connectivity index (χ0n) is 15.1. The molecule has 0 fully saturated rings. The van der Waals surface area contributed by atoms with Crippen LogP contribution in [-0.2, 0) is 4.43 Å². The summed E-state index contributed by atoms with van der Waals surface area (Å²) in [6.07, 6.45) is 3.78. The highest BCUT2D eigenvalue weighted by molar-refractivity contribution is 14.1. The van der Waals surface area contributed by atoms with Gasteiger partial charge in [-0.2, -0.15) is 0 Å². The molecule has 134 valence electrons. The van der Waals surface area contributed by atoms with Crippen molar-refractivity contribution in [2.45, 2.75) is 4.43 Å². The Kier molecular flexibility index (Phi) is 4.53. The quantitative estimate of drug-likeness (QED) is 0.160. The molecule has 0 aliphatic heterocycles. The number of alkyl halides is 1. The number of hydrogen-bond donors (Lipinski definition) is 0. The molecule has 0 bridgehead atoms. The first-order valence-corrected chi connectivity index (χ1v) is 10.7. The van der Waals surface area contributed by atoms with Gasteiger partial charge in [0.15, 0.2) is 0 Å². The fraction of sp³-hybridized carbons (Fsp3) is 0.0400. The molecule has 28 heavy (non-hydrogen) atoms. The normalized spacial score (nSPS) is 11.2. The number of pyridine rings is 2. The van der Waals surface area contributed by atoms with E-state index in [1.165, 1.54) is 27.8 Å².